The minimum Gasteiger partial charge on any atom is -0.444 e. The third-order valence-electron chi connectivity index (χ3n) is 6.60. The van der Waals surface area contributed by atoms with E-state index in [0.29, 0.717) is 5.92 Å². The molecule has 0 aromatic rings. The van der Waals surface area contributed by atoms with Crippen molar-refractivity contribution in [3.05, 3.63) is 0 Å². The molecule has 31 heavy (non-hydrogen) atoms. The lowest BCUT2D eigenvalue weighted by Gasteiger charge is -2.41. The number of methoxy groups -OCH3 is 1. The Hall–Kier alpha value is -1.54. The van der Waals surface area contributed by atoms with Crippen LogP contribution >= 0.6 is 0 Å². The SMILES string of the molecule is CN=C(NCC1(OC)CCOCC1)N1CCC(N(CC2CC2)C(=O)OC(C)(C)C)CC1. The largest absolute Gasteiger partial charge is 0.444 e. The van der Waals surface area contributed by atoms with Crippen LogP contribution in [-0.4, -0.2) is 92.6 Å². The van der Waals surface area contributed by atoms with Crippen LogP contribution in [0.5, 0.6) is 0 Å². The molecule has 8 heteroatoms. The molecule has 3 aliphatic rings. The Morgan fingerprint density at radius 1 is 1.19 bits per heavy atom. The average molecular weight is 439 g/mol. The quantitative estimate of drug-likeness (QED) is 0.508. The van der Waals surface area contributed by atoms with E-state index in [1.807, 2.05) is 32.7 Å². The number of nitrogens with one attached hydrogen (secondary N) is 1. The van der Waals surface area contributed by atoms with E-state index in [4.69, 9.17) is 14.2 Å². The van der Waals surface area contributed by atoms with Gasteiger partial charge in [-0.2, -0.15) is 0 Å². The highest BCUT2D eigenvalue weighted by Crippen LogP contribution is 2.32. The van der Waals surface area contributed by atoms with Crippen LogP contribution in [0.1, 0.15) is 59.3 Å². The molecule has 2 saturated heterocycles. The van der Waals surface area contributed by atoms with Crippen molar-refractivity contribution in [1.29, 1.82) is 0 Å². The van der Waals surface area contributed by atoms with Crippen LogP contribution < -0.4 is 5.32 Å². The standard InChI is InChI=1S/C23H42N4O4/c1-22(2,3)31-21(28)27(16-18-6-7-18)19-8-12-26(13-9-19)20(24-4)25-17-23(29-5)10-14-30-15-11-23/h18-19H,6-17H2,1-5H3,(H,24,25). The lowest BCUT2D eigenvalue weighted by Crippen LogP contribution is -2.55. The summed E-state index contributed by atoms with van der Waals surface area (Å²) < 4.78 is 17.1. The molecule has 1 N–H and O–H groups in total. The van der Waals surface area contributed by atoms with Crippen molar-refractivity contribution in [2.75, 3.05) is 53.6 Å². The molecule has 8 nitrogen and oxygen atoms in total. The fraction of sp³-hybridized carbons (Fsp3) is 0.913. The number of hydrogen-bond donors (Lipinski definition) is 1. The van der Waals surface area contributed by atoms with Crippen LogP contribution in [0.3, 0.4) is 0 Å². The predicted octanol–water partition coefficient (Wildman–Crippen LogP) is 2.87. The van der Waals surface area contributed by atoms with E-state index in [-0.39, 0.29) is 17.7 Å². The molecule has 0 radical (unpaired) electrons. The Labute approximate surface area is 187 Å². The Bertz CT molecular complexity index is 616. The van der Waals surface area contributed by atoms with E-state index in [0.717, 1.165) is 71.0 Å². The van der Waals surface area contributed by atoms with Crippen LogP contribution in [0.2, 0.25) is 0 Å². The van der Waals surface area contributed by atoms with Crippen molar-refractivity contribution in [2.24, 2.45) is 10.9 Å². The third kappa shape index (κ3) is 6.97. The molecular formula is C23H42N4O4. The van der Waals surface area contributed by atoms with Gasteiger partial charge in [0.1, 0.15) is 5.60 Å². The fourth-order valence-corrected chi connectivity index (χ4v) is 4.43. The number of hydrogen-bond acceptors (Lipinski definition) is 5. The number of aliphatic imine (C=N–C) groups is 1. The minimum absolute atomic E-state index is 0.165. The summed E-state index contributed by atoms with van der Waals surface area (Å²) in [6, 6.07) is 0.227. The number of piperidine rings is 1. The molecular weight excluding hydrogens is 396 g/mol. The summed E-state index contributed by atoms with van der Waals surface area (Å²) in [4.78, 5) is 21.7. The summed E-state index contributed by atoms with van der Waals surface area (Å²) in [5.41, 5.74) is -0.655. The zero-order chi connectivity index (χ0) is 22.5. The Balaban J connectivity index is 1.54. The minimum atomic E-state index is -0.465. The molecule has 3 rings (SSSR count). The fourth-order valence-electron chi connectivity index (χ4n) is 4.43. The molecule has 1 saturated carbocycles. The predicted molar refractivity (Wildman–Crippen MR) is 121 cm³/mol. The number of rotatable bonds is 6. The molecule has 1 amide bonds. The topological polar surface area (TPSA) is 75.6 Å². The van der Waals surface area contributed by atoms with Crippen molar-refractivity contribution >= 4 is 12.1 Å². The van der Waals surface area contributed by atoms with Gasteiger partial charge < -0.3 is 29.3 Å². The molecule has 2 aliphatic heterocycles. The second-order valence-electron chi connectivity index (χ2n) is 10.2. The van der Waals surface area contributed by atoms with Gasteiger partial charge in [0.25, 0.3) is 0 Å². The van der Waals surface area contributed by atoms with Crippen molar-refractivity contribution in [3.8, 4) is 0 Å². The van der Waals surface area contributed by atoms with E-state index in [9.17, 15) is 4.79 Å². The Kier molecular flexibility index (Phi) is 8.08. The number of carbonyl (C=O) groups is 1. The van der Waals surface area contributed by atoms with E-state index in [2.05, 4.69) is 15.2 Å². The van der Waals surface area contributed by atoms with Gasteiger partial charge in [-0.3, -0.25) is 4.99 Å². The molecule has 2 heterocycles. The maximum Gasteiger partial charge on any atom is 0.410 e. The van der Waals surface area contributed by atoms with Gasteiger partial charge in [0.15, 0.2) is 5.96 Å². The second kappa shape index (κ2) is 10.4. The number of likely N-dealkylation sites (tertiary alicyclic amines) is 1. The lowest BCUT2D eigenvalue weighted by atomic mass is 9.94. The maximum absolute atomic E-state index is 12.9. The van der Waals surface area contributed by atoms with Gasteiger partial charge in [0, 0.05) is 72.4 Å². The van der Waals surface area contributed by atoms with Crippen LogP contribution in [0.25, 0.3) is 0 Å². The van der Waals surface area contributed by atoms with Crippen LogP contribution in [0, 0.1) is 5.92 Å². The van der Waals surface area contributed by atoms with Gasteiger partial charge in [0.05, 0.1) is 5.60 Å². The summed E-state index contributed by atoms with van der Waals surface area (Å²) in [7, 11) is 3.62. The normalized spacial score (nSPS) is 22.9. The van der Waals surface area contributed by atoms with Gasteiger partial charge in [-0.05, 0) is 52.4 Å². The maximum atomic E-state index is 12.9. The smallest absolute Gasteiger partial charge is 0.410 e. The molecule has 0 spiro atoms. The second-order valence-corrected chi connectivity index (χ2v) is 10.2. The van der Waals surface area contributed by atoms with Gasteiger partial charge in [0.2, 0.25) is 0 Å². The first-order valence-corrected chi connectivity index (χ1v) is 11.8. The summed E-state index contributed by atoms with van der Waals surface area (Å²) in [5.74, 6) is 1.55. The number of carbonyl (C=O) groups excluding carboxylic acids is 1. The number of amides is 1. The van der Waals surface area contributed by atoms with Crippen molar-refractivity contribution < 1.29 is 19.0 Å². The van der Waals surface area contributed by atoms with Crippen LogP contribution in [-0.2, 0) is 14.2 Å². The summed E-state index contributed by atoms with van der Waals surface area (Å²) in [5, 5.41) is 3.53. The van der Waals surface area contributed by atoms with Gasteiger partial charge in [-0.25, -0.2) is 4.79 Å². The monoisotopic (exact) mass is 438 g/mol. The molecule has 0 aromatic heterocycles. The van der Waals surface area contributed by atoms with Gasteiger partial charge in [-0.15, -0.1) is 0 Å². The van der Waals surface area contributed by atoms with Crippen LogP contribution in [0.4, 0.5) is 4.79 Å². The van der Waals surface area contributed by atoms with Crippen molar-refractivity contribution in [1.82, 2.24) is 15.1 Å². The van der Waals surface area contributed by atoms with Crippen LogP contribution in [0.15, 0.2) is 4.99 Å². The molecule has 178 valence electrons. The first kappa shape index (κ1) is 24.1. The Morgan fingerprint density at radius 3 is 2.35 bits per heavy atom. The molecule has 1 aliphatic carbocycles. The first-order chi connectivity index (χ1) is 14.8. The molecule has 0 unspecified atom stereocenters. The lowest BCUT2D eigenvalue weighted by molar-refractivity contribution is -0.0858. The molecule has 3 fully saturated rings. The Morgan fingerprint density at radius 2 is 1.84 bits per heavy atom. The number of guanidine groups is 1. The number of ether oxygens (including phenoxy) is 3. The highest BCUT2D eigenvalue weighted by atomic mass is 16.6. The van der Waals surface area contributed by atoms with E-state index < -0.39 is 5.60 Å². The summed E-state index contributed by atoms with van der Waals surface area (Å²) in [6.45, 7) is 10.6. The molecule has 0 aromatic carbocycles. The molecule has 0 bridgehead atoms. The first-order valence-electron chi connectivity index (χ1n) is 11.8. The van der Waals surface area contributed by atoms with E-state index >= 15 is 0 Å². The van der Waals surface area contributed by atoms with Gasteiger partial charge >= 0.3 is 6.09 Å². The average Bonchev–Trinajstić information content (AvgIpc) is 3.57. The zero-order valence-corrected chi connectivity index (χ0v) is 20.1. The third-order valence-corrected chi connectivity index (χ3v) is 6.60. The van der Waals surface area contributed by atoms with Crippen molar-refractivity contribution in [2.45, 2.75) is 76.5 Å². The summed E-state index contributed by atoms with van der Waals surface area (Å²) >= 11 is 0. The number of nitrogens with zero attached hydrogens (tertiary/aromatic N) is 3. The highest BCUT2D eigenvalue weighted by molar-refractivity contribution is 5.80. The van der Waals surface area contributed by atoms with E-state index in [1.54, 1.807) is 7.11 Å². The highest BCUT2D eigenvalue weighted by Gasteiger charge is 2.37. The van der Waals surface area contributed by atoms with Crippen molar-refractivity contribution in [3.63, 3.8) is 0 Å². The zero-order valence-electron chi connectivity index (χ0n) is 20.1. The van der Waals surface area contributed by atoms with E-state index in [1.165, 1.54) is 12.8 Å². The summed E-state index contributed by atoms with van der Waals surface area (Å²) in [6.07, 6.45) is 5.92. The van der Waals surface area contributed by atoms with Gasteiger partial charge in [-0.1, -0.05) is 0 Å². The molecule has 0 atom stereocenters.